The van der Waals surface area contributed by atoms with Crippen LogP contribution in [0.5, 0.6) is 0 Å². The van der Waals surface area contributed by atoms with Crippen molar-refractivity contribution in [2.24, 2.45) is 11.8 Å². The lowest BCUT2D eigenvalue weighted by Crippen LogP contribution is -2.59. The number of nitrogens with one attached hydrogen (secondary N) is 1. The summed E-state index contributed by atoms with van der Waals surface area (Å²) < 4.78 is 0. The summed E-state index contributed by atoms with van der Waals surface area (Å²) in [5.74, 6) is 0.358. The lowest BCUT2D eigenvalue weighted by molar-refractivity contribution is -0.140. The van der Waals surface area contributed by atoms with Crippen molar-refractivity contribution in [1.82, 2.24) is 10.2 Å². The van der Waals surface area contributed by atoms with Crippen molar-refractivity contribution in [3.63, 3.8) is 0 Å². The molecule has 1 N–H and O–H groups in total. The van der Waals surface area contributed by atoms with Crippen LogP contribution in [-0.2, 0) is 9.59 Å². The molecule has 2 fully saturated rings. The van der Waals surface area contributed by atoms with Crippen molar-refractivity contribution in [1.29, 1.82) is 0 Å². The van der Waals surface area contributed by atoms with E-state index in [1.807, 2.05) is 0 Å². The second-order valence-corrected chi connectivity index (χ2v) is 10.9. The molecule has 4 heteroatoms. The highest BCUT2D eigenvalue weighted by Gasteiger charge is 2.48. The summed E-state index contributed by atoms with van der Waals surface area (Å²) in [6.45, 7) is 11.7. The number of carbonyl (C=O) groups excluding carboxylic acids is 2. The minimum absolute atomic E-state index is 0.0136. The molecule has 2 aliphatic heterocycles. The Balaban J connectivity index is 1.70. The zero-order valence-corrected chi connectivity index (χ0v) is 19.8. The molecule has 2 saturated heterocycles. The first-order valence-electron chi connectivity index (χ1n) is 12.3. The van der Waals surface area contributed by atoms with Crippen molar-refractivity contribution in [2.75, 3.05) is 6.54 Å². The van der Waals surface area contributed by atoms with Crippen LogP contribution in [0.15, 0.2) is 0 Å². The third-order valence-electron chi connectivity index (χ3n) is 6.80. The molecule has 0 aromatic carbocycles. The summed E-state index contributed by atoms with van der Waals surface area (Å²) in [6, 6.07) is 0. The molecule has 0 bridgehead atoms. The molecule has 2 heterocycles. The number of rotatable bonds is 12. The van der Waals surface area contributed by atoms with E-state index in [0.717, 1.165) is 25.7 Å². The largest absolute Gasteiger partial charge is 0.307 e. The fourth-order valence-corrected chi connectivity index (χ4v) is 5.75. The molecule has 0 radical (unpaired) electrons. The third-order valence-corrected chi connectivity index (χ3v) is 6.80. The zero-order chi connectivity index (χ0) is 21.5. The lowest BCUT2D eigenvalue weighted by atomic mass is 9.70. The molecule has 168 valence electrons. The van der Waals surface area contributed by atoms with Gasteiger partial charge in [-0.05, 0) is 52.9 Å². The molecule has 0 aliphatic carbocycles. The molecular formula is C25H46N2O2. The van der Waals surface area contributed by atoms with Gasteiger partial charge in [0.15, 0.2) is 0 Å². The van der Waals surface area contributed by atoms with Crippen LogP contribution in [0.1, 0.15) is 118 Å². The zero-order valence-electron chi connectivity index (χ0n) is 19.8. The van der Waals surface area contributed by atoms with Gasteiger partial charge in [0.2, 0.25) is 11.8 Å². The van der Waals surface area contributed by atoms with Gasteiger partial charge < -0.3 is 5.32 Å². The fraction of sp³-hybridized carbons (Fsp3) is 0.920. The quantitative estimate of drug-likeness (QED) is 0.327. The number of likely N-dealkylation sites (tertiary alicyclic amines) is 1. The Labute approximate surface area is 179 Å². The molecule has 0 saturated carbocycles. The van der Waals surface area contributed by atoms with Gasteiger partial charge in [-0.1, -0.05) is 64.7 Å². The van der Waals surface area contributed by atoms with Crippen LogP contribution in [0.3, 0.4) is 0 Å². The molecule has 2 amide bonds. The maximum absolute atomic E-state index is 13.0. The normalized spacial score (nSPS) is 24.4. The summed E-state index contributed by atoms with van der Waals surface area (Å²) >= 11 is 0. The summed E-state index contributed by atoms with van der Waals surface area (Å²) in [5, 5.41) is 3.69. The molecule has 29 heavy (non-hydrogen) atoms. The Morgan fingerprint density at radius 1 is 0.828 bits per heavy atom. The van der Waals surface area contributed by atoms with E-state index < -0.39 is 0 Å². The maximum atomic E-state index is 13.0. The van der Waals surface area contributed by atoms with Crippen molar-refractivity contribution in [2.45, 2.75) is 129 Å². The van der Waals surface area contributed by atoms with Gasteiger partial charge in [-0.25, -0.2) is 0 Å². The van der Waals surface area contributed by atoms with E-state index in [0.29, 0.717) is 18.9 Å². The lowest BCUT2D eigenvalue weighted by Gasteiger charge is -2.47. The third kappa shape index (κ3) is 7.70. The summed E-state index contributed by atoms with van der Waals surface area (Å²) in [4.78, 5) is 27.1. The highest BCUT2D eigenvalue weighted by molar-refractivity contribution is 6.03. The Hall–Kier alpha value is -0.900. The van der Waals surface area contributed by atoms with Crippen molar-refractivity contribution in [3.8, 4) is 0 Å². The van der Waals surface area contributed by atoms with Crippen LogP contribution < -0.4 is 5.32 Å². The minimum Gasteiger partial charge on any atom is -0.307 e. The standard InChI is InChI=1S/C25H46N2O2/c1-6-7-8-9-10-11-12-13-14-15-16-27-22(28)17-21(23(27)29)20-18-24(2,3)26-25(4,5)19-20/h20-21,26H,6-19H2,1-5H3. The Morgan fingerprint density at radius 3 is 1.83 bits per heavy atom. The van der Waals surface area contributed by atoms with Gasteiger partial charge in [0.1, 0.15) is 0 Å². The number of hydrogen-bond acceptors (Lipinski definition) is 3. The van der Waals surface area contributed by atoms with Gasteiger partial charge in [-0.2, -0.15) is 0 Å². The average molecular weight is 407 g/mol. The Kier molecular flexibility index (Phi) is 9.18. The van der Waals surface area contributed by atoms with Gasteiger partial charge in [0.05, 0.1) is 5.92 Å². The first-order valence-corrected chi connectivity index (χ1v) is 12.3. The predicted molar refractivity (Wildman–Crippen MR) is 121 cm³/mol. The number of unbranched alkanes of at least 4 members (excludes halogenated alkanes) is 9. The van der Waals surface area contributed by atoms with E-state index in [1.54, 1.807) is 4.90 Å². The molecule has 0 aromatic rings. The number of carbonyl (C=O) groups is 2. The molecule has 2 rings (SSSR count). The fourth-order valence-electron chi connectivity index (χ4n) is 5.75. The monoisotopic (exact) mass is 406 g/mol. The van der Waals surface area contributed by atoms with E-state index in [9.17, 15) is 9.59 Å². The first kappa shape index (κ1) is 24.4. The highest BCUT2D eigenvalue weighted by Crippen LogP contribution is 2.41. The topological polar surface area (TPSA) is 49.4 Å². The van der Waals surface area contributed by atoms with Crippen LogP contribution in [0.2, 0.25) is 0 Å². The molecule has 2 aliphatic rings. The number of imide groups is 1. The second kappa shape index (κ2) is 10.9. The van der Waals surface area contributed by atoms with Crippen molar-refractivity contribution in [3.05, 3.63) is 0 Å². The van der Waals surface area contributed by atoms with Crippen LogP contribution >= 0.6 is 0 Å². The molecular weight excluding hydrogens is 360 g/mol. The number of piperidine rings is 1. The second-order valence-electron chi connectivity index (χ2n) is 10.9. The molecule has 4 nitrogen and oxygen atoms in total. The van der Waals surface area contributed by atoms with Crippen LogP contribution in [0.4, 0.5) is 0 Å². The first-order chi connectivity index (χ1) is 13.7. The summed E-state index contributed by atoms with van der Waals surface area (Å²) in [5.41, 5.74) is 0.0272. The number of nitrogens with zero attached hydrogens (tertiary/aromatic N) is 1. The van der Waals surface area contributed by atoms with Crippen LogP contribution in [0.25, 0.3) is 0 Å². The molecule has 1 atom stereocenters. The van der Waals surface area contributed by atoms with Crippen LogP contribution in [0, 0.1) is 11.8 Å². The van der Waals surface area contributed by atoms with E-state index in [-0.39, 0.29) is 28.8 Å². The minimum atomic E-state index is -0.105. The van der Waals surface area contributed by atoms with Gasteiger partial charge in [-0.3, -0.25) is 14.5 Å². The maximum Gasteiger partial charge on any atom is 0.233 e. The Morgan fingerprint density at radius 2 is 1.31 bits per heavy atom. The number of hydrogen-bond donors (Lipinski definition) is 1. The predicted octanol–water partition coefficient (Wildman–Crippen LogP) is 5.84. The number of amides is 2. The molecule has 0 spiro atoms. The van der Waals surface area contributed by atoms with Gasteiger partial charge in [0.25, 0.3) is 0 Å². The van der Waals surface area contributed by atoms with E-state index in [2.05, 4.69) is 39.9 Å². The highest BCUT2D eigenvalue weighted by atomic mass is 16.2. The van der Waals surface area contributed by atoms with E-state index in [4.69, 9.17) is 0 Å². The smallest absolute Gasteiger partial charge is 0.233 e. The van der Waals surface area contributed by atoms with Gasteiger partial charge >= 0.3 is 0 Å². The van der Waals surface area contributed by atoms with Gasteiger partial charge in [0, 0.05) is 24.0 Å². The van der Waals surface area contributed by atoms with E-state index in [1.165, 1.54) is 51.4 Å². The molecule has 0 aromatic heterocycles. The van der Waals surface area contributed by atoms with E-state index >= 15 is 0 Å². The summed E-state index contributed by atoms with van der Waals surface area (Å²) in [7, 11) is 0. The average Bonchev–Trinajstić information content (AvgIpc) is 2.88. The van der Waals surface area contributed by atoms with Gasteiger partial charge in [-0.15, -0.1) is 0 Å². The van der Waals surface area contributed by atoms with Crippen LogP contribution in [-0.4, -0.2) is 34.3 Å². The van der Waals surface area contributed by atoms with Crippen molar-refractivity contribution >= 4 is 11.8 Å². The summed E-state index contributed by atoms with van der Waals surface area (Å²) in [6.07, 6.45) is 15.1. The SMILES string of the molecule is CCCCCCCCCCCCN1C(=O)CC(C2CC(C)(C)NC(C)(C)C2)C1=O. The molecule has 1 unspecified atom stereocenters. The van der Waals surface area contributed by atoms with Crippen molar-refractivity contribution < 1.29 is 9.59 Å². The Bertz CT molecular complexity index is 525.